The third kappa shape index (κ3) is 3.86. The summed E-state index contributed by atoms with van der Waals surface area (Å²) in [5.74, 6) is 0.562. The molecule has 1 unspecified atom stereocenters. The maximum Gasteiger partial charge on any atom is 0.183 e. The first-order valence-corrected chi connectivity index (χ1v) is 10.00. The summed E-state index contributed by atoms with van der Waals surface area (Å²) in [7, 11) is 2.03. The highest BCUT2D eigenvalue weighted by Crippen LogP contribution is 2.28. The molecule has 3 heterocycles. The van der Waals surface area contributed by atoms with E-state index >= 15 is 0 Å². The van der Waals surface area contributed by atoms with Crippen LogP contribution in [0.1, 0.15) is 48.3 Å². The summed E-state index contributed by atoms with van der Waals surface area (Å²) in [6, 6.07) is 2.10. The van der Waals surface area contributed by atoms with E-state index in [1.807, 2.05) is 11.9 Å². The van der Waals surface area contributed by atoms with Crippen LogP contribution < -0.4 is 4.90 Å². The van der Waals surface area contributed by atoms with Gasteiger partial charge in [0.1, 0.15) is 6.07 Å². The Hall–Kier alpha value is -2.50. The van der Waals surface area contributed by atoms with Crippen molar-refractivity contribution in [3.05, 3.63) is 35.0 Å². The molecule has 28 heavy (non-hydrogen) atoms. The Labute approximate surface area is 165 Å². The van der Waals surface area contributed by atoms with Gasteiger partial charge < -0.3 is 10.0 Å². The van der Waals surface area contributed by atoms with Gasteiger partial charge in [-0.25, -0.2) is 9.97 Å². The largest absolute Gasteiger partial charge is 0.387 e. The van der Waals surface area contributed by atoms with Gasteiger partial charge in [-0.1, -0.05) is 0 Å². The molecule has 1 atom stereocenters. The van der Waals surface area contributed by atoms with Gasteiger partial charge in [-0.05, 0) is 51.1 Å². The van der Waals surface area contributed by atoms with Crippen LogP contribution in [0.25, 0.3) is 0 Å². The van der Waals surface area contributed by atoms with Gasteiger partial charge in [0.05, 0.1) is 11.3 Å². The second-order valence-corrected chi connectivity index (χ2v) is 8.10. The summed E-state index contributed by atoms with van der Waals surface area (Å²) >= 11 is 0. The molecule has 0 spiro atoms. The number of aryl methyl sites for hydroxylation is 1. The van der Waals surface area contributed by atoms with Gasteiger partial charge in [-0.3, -0.25) is 10.00 Å². The monoisotopic (exact) mass is 381 g/mol. The van der Waals surface area contributed by atoms with Gasteiger partial charge in [0, 0.05) is 44.3 Å². The number of aliphatic hydroxyl groups is 1. The van der Waals surface area contributed by atoms with Crippen molar-refractivity contribution in [2.45, 2.75) is 50.7 Å². The molecule has 0 radical (unpaired) electrons. The van der Waals surface area contributed by atoms with Crippen LogP contribution in [0.5, 0.6) is 0 Å². The first kappa shape index (κ1) is 18.8. The lowest BCUT2D eigenvalue weighted by Gasteiger charge is -2.41. The van der Waals surface area contributed by atoms with Gasteiger partial charge in [0.25, 0.3) is 0 Å². The second kappa shape index (κ2) is 7.86. The molecule has 1 saturated heterocycles. The Morgan fingerprint density at radius 1 is 1.29 bits per heavy atom. The molecule has 1 fully saturated rings. The number of rotatable bonds is 5. The number of hydrogen-bond acceptors (Lipinski definition) is 7. The van der Waals surface area contributed by atoms with E-state index in [2.05, 4.69) is 31.1 Å². The molecule has 0 amide bonds. The predicted octanol–water partition coefficient (Wildman–Crippen LogP) is 1.41. The lowest BCUT2D eigenvalue weighted by Crippen LogP contribution is -2.54. The standard InChI is InChI=1S/C20H27N7O/c1-26(12-18-15-5-2-3-6-16(15)24-25-18)13-20(28)7-4-10-27(14-20)19-17(11-21)22-8-9-23-19/h8-9,28H,2-7,10,12-14H2,1H3,(H,24,25). The molecule has 0 saturated carbocycles. The SMILES string of the molecule is CN(Cc1n[nH]c2c1CCCC2)CC1(O)CCCN(c2nccnc2C#N)C1. The molecule has 4 rings (SSSR count). The Balaban J connectivity index is 1.43. The number of hydrogen-bond donors (Lipinski definition) is 2. The molecule has 8 nitrogen and oxygen atoms in total. The lowest BCUT2D eigenvalue weighted by atomic mass is 9.91. The number of aromatic nitrogens is 4. The fraction of sp³-hybridized carbons (Fsp3) is 0.600. The van der Waals surface area contributed by atoms with Crippen LogP contribution in [0.4, 0.5) is 5.82 Å². The van der Waals surface area contributed by atoms with Gasteiger partial charge >= 0.3 is 0 Å². The molecule has 2 aromatic heterocycles. The molecule has 8 heteroatoms. The van der Waals surface area contributed by atoms with Gasteiger partial charge in [0.15, 0.2) is 11.5 Å². The van der Waals surface area contributed by atoms with Crippen LogP contribution >= 0.6 is 0 Å². The van der Waals surface area contributed by atoms with Crippen LogP contribution in [0, 0.1) is 11.3 Å². The maximum atomic E-state index is 11.3. The number of fused-ring (bicyclic) bond motifs is 1. The summed E-state index contributed by atoms with van der Waals surface area (Å²) in [6.45, 7) is 2.49. The topological polar surface area (TPSA) is 105 Å². The number of nitriles is 1. The Kier molecular flexibility index (Phi) is 5.29. The summed E-state index contributed by atoms with van der Waals surface area (Å²) in [5.41, 5.74) is 3.21. The number of likely N-dealkylation sites (N-methyl/N-ethyl adjacent to an activating group) is 1. The van der Waals surface area contributed by atoms with Crippen molar-refractivity contribution in [3.8, 4) is 6.07 Å². The molecule has 1 aliphatic carbocycles. The second-order valence-electron chi connectivity index (χ2n) is 8.10. The van der Waals surface area contributed by atoms with Crippen molar-refractivity contribution >= 4 is 5.82 Å². The molecule has 2 N–H and O–H groups in total. The zero-order chi connectivity index (χ0) is 19.6. The summed E-state index contributed by atoms with van der Waals surface area (Å²) < 4.78 is 0. The van der Waals surface area contributed by atoms with E-state index < -0.39 is 5.60 Å². The van der Waals surface area contributed by atoms with Crippen LogP contribution in [0.2, 0.25) is 0 Å². The maximum absolute atomic E-state index is 11.3. The molecule has 1 aliphatic heterocycles. The minimum absolute atomic E-state index is 0.309. The quantitative estimate of drug-likeness (QED) is 0.807. The van der Waals surface area contributed by atoms with E-state index in [9.17, 15) is 10.4 Å². The Morgan fingerprint density at radius 3 is 2.96 bits per heavy atom. The van der Waals surface area contributed by atoms with Crippen molar-refractivity contribution in [1.29, 1.82) is 5.26 Å². The van der Waals surface area contributed by atoms with Crippen LogP contribution in [0.3, 0.4) is 0 Å². The molecule has 0 aromatic carbocycles. The smallest absolute Gasteiger partial charge is 0.183 e. The van der Waals surface area contributed by atoms with Crippen molar-refractivity contribution in [1.82, 2.24) is 25.1 Å². The Morgan fingerprint density at radius 2 is 2.11 bits per heavy atom. The van der Waals surface area contributed by atoms with Crippen LogP contribution in [-0.4, -0.2) is 62.5 Å². The summed E-state index contributed by atoms with van der Waals surface area (Å²) in [5, 5.41) is 28.3. The van der Waals surface area contributed by atoms with Crippen LogP contribution in [-0.2, 0) is 19.4 Å². The van der Waals surface area contributed by atoms with E-state index in [0.29, 0.717) is 24.6 Å². The first-order chi connectivity index (χ1) is 13.6. The fourth-order valence-electron chi connectivity index (χ4n) is 4.56. The van der Waals surface area contributed by atoms with E-state index in [1.165, 1.54) is 30.3 Å². The summed E-state index contributed by atoms with van der Waals surface area (Å²) in [4.78, 5) is 12.6. The van der Waals surface area contributed by atoms with Crippen molar-refractivity contribution in [2.75, 3.05) is 31.6 Å². The minimum Gasteiger partial charge on any atom is -0.387 e. The van der Waals surface area contributed by atoms with Gasteiger partial charge in [0.2, 0.25) is 0 Å². The number of nitrogens with one attached hydrogen (secondary N) is 1. The highest BCUT2D eigenvalue weighted by molar-refractivity contribution is 5.50. The number of H-pyrrole nitrogens is 1. The molecule has 2 aromatic rings. The van der Waals surface area contributed by atoms with E-state index in [1.54, 1.807) is 6.20 Å². The first-order valence-electron chi connectivity index (χ1n) is 10.00. The highest BCUT2D eigenvalue weighted by atomic mass is 16.3. The number of β-amino-alcohol motifs (C(OH)–C–C–N with tert-alkyl or cyclic N) is 1. The van der Waals surface area contributed by atoms with Crippen molar-refractivity contribution in [3.63, 3.8) is 0 Å². The number of anilines is 1. The zero-order valence-electron chi connectivity index (χ0n) is 16.4. The minimum atomic E-state index is -0.854. The predicted molar refractivity (Wildman–Crippen MR) is 105 cm³/mol. The molecular weight excluding hydrogens is 354 g/mol. The third-order valence-corrected chi connectivity index (χ3v) is 5.77. The van der Waals surface area contributed by atoms with Gasteiger partial charge in [-0.15, -0.1) is 0 Å². The molecule has 148 valence electrons. The Bertz CT molecular complexity index is 874. The molecule has 0 bridgehead atoms. The van der Waals surface area contributed by atoms with Crippen LogP contribution in [0.15, 0.2) is 12.4 Å². The molecule has 2 aliphatic rings. The van der Waals surface area contributed by atoms with E-state index in [-0.39, 0.29) is 0 Å². The average Bonchev–Trinajstić information content (AvgIpc) is 3.10. The number of piperidine rings is 1. The highest BCUT2D eigenvalue weighted by Gasteiger charge is 2.36. The van der Waals surface area contributed by atoms with Gasteiger partial charge in [-0.2, -0.15) is 10.4 Å². The average molecular weight is 381 g/mol. The van der Waals surface area contributed by atoms with E-state index in [4.69, 9.17) is 0 Å². The number of aromatic amines is 1. The fourth-order valence-corrected chi connectivity index (χ4v) is 4.56. The van der Waals surface area contributed by atoms with Crippen molar-refractivity contribution in [2.24, 2.45) is 0 Å². The third-order valence-electron chi connectivity index (χ3n) is 5.77. The van der Waals surface area contributed by atoms with Crippen molar-refractivity contribution < 1.29 is 5.11 Å². The number of nitrogens with zero attached hydrogens (tertiary/aromatic N) is 6. The zero-order valence-corrected chi connectivity index (χ0v) is 16.4. The summed E-state index contributed by atoms with van der Waals surface area (Å²) in [6.07, 6.45) is 9.33. The normalized spacial score (nSPS) is 22.1. The molecular formula is C20H27N7O. The lowest BCUT2D eigenvalue weighted by molar-refractivity contribution is -0.00377. The van der Waals surface area contributed by atoms with E-state index in [0.717, 1.165) is 44.5 Å².